The summed E-state index contributed by atoms with van der Waals surface area (Å²) in [5.41, 5.74) is 1.54. The van der Waals surface area contributed by atoms with E-state index in [-0.39, 0.29) is 0 Å². The largest absolute Gasteiger partial charge is 0.296 e. The maximum Gasteiger partial charge on any atom is 0.0196 e. The molecule has 3 rings (SSSR count). The average Bonchev–Trinajstić information content (AvgIpc) is 2.51. The third kappa shape index (κ3) is 2.12. The van der Waals surface area contributed by atoms with Gasteiger partial charge in [-0.1, -0.05) is 42.8 Å². The Kier molecular flexibility index (Phi) is 3.51. The number of rotatable bonds is 3. The molecular weight excluding hydrogens is 218 g/mol. The minimum absolute atomic E-state index is 0.759. The van der Waals surface area contributed by atoms with Crippen molar-refractivity contribution in [3.63, 3.8) is 0 Å². The summed E-state index contributed by atoms with van der Waals surface area (Å²) in [6, 6.07) is 11.9. The fourth-order valence-corrected chi connectivity index (χ4v) is 3.86. The number of hydrogen-bond donors (Lipinski definition) is 0. The second-order valence-electron chi connectivity index (χ2n) is 5.78. The van der Waals surface area contributed by atoms with E-state index in [1.165, 1.54) is 37.8 Å². The van der Waals surface area contributed by atoms with Gasteiger partial charge in [0.05, 0.1) is 0 Å². The third-order valence-corrected chi connectivity index (χ3v) is 4.74. The van der Waals surface area contributed by atoms with E-state index in [4.69, 9.17) is 0 Å². The Morgan fingerprint density at radius 1 is 1.22 bits per heavy atom. The molecule has 2 fully saturated rings. The molecule has 96 valence electrons. The van der Waals surface area contributed by atoms with Crippen LogP contribution in [0.1, 0.15) is 37.2 Å². The SMILES string of the molecule is C=CCN1CCCC[C@H]2C[C@@H](c3ccccc3)[C@H]21. The van der Waals surface area contributed by atoms with Gasteiger partial charge in [-0.3, -0.25) is 4.90 Å². The Hall–Kier alpha value is -1.08. The van der Waals surface area contributed by atoms with Crippen LogP contribution < -0.4 is 0 Å². The molecule has 0 radical (unpaired) electrons. The average molecular weight is 241 g/mol. The van der Waals surface area contributed by atoms with Gasteiger partial charge in [0.2, 0.25) is 0 Å². The molecule has 1 aromatic rings. The van der Waals surface area contributed by atoms with Gasteiger partial charge in [0.1, 0.15) is 0 Å². The molecule has 3 atom stereocenters. The molecule has 0 bridgehead atoms. The summed E-state index contributed by atoms with van der Waals surface area (Å²) in [5.74, 6) is 1.69. The highest BCUT2D eigenvalue weighted by Crippen LogP contribution is 2.48. The predicted molar refractivity (Wildman–Crippen MR) is 76.7 cm³/mol. The van der Waals surface area contributed by atoms with Crippen molar-refractivity contribution in [2.24, 2.45) is 5.92 Å². The molecule has 1 aliphatic heterocycles. The van der Waals surface area contributed by atoms with E-state index in [9.17, 15) is 0 Å². The minimum atomic E-state index is 0.759. The lowest BCUT2D eigenvalue weighted by molar-refractivity contribution is 0.0557. The number of benzene rings is 1. The summed E-state index contributed by atoms with van der Waals surface area (Å²) in [6.45, 7) is 6.25. The lowest BCUT2D eigenvalue weighted by Gasteiger charge is -2.49. The molecule has 0 aromatic heterocycles. The van der Waals surface area contributed by atoms with Gasteiger partial charge in [0.25, 0.3) is 0 Å². The molecule has 1 heteroatoms. The van der Waals surface area contributed by atoms with Gasteiger partial charge in [0.15, 0.2) is 0 Å². The quantitative estimate of drug-likeness (QED) is 0.727. The molecule has 1 heterocycles. The summed E-state index contributed by atoms with van der Waals surface area (Å²) in [4.78, 5) is 2.67. The predicted octanol–water partition coefficient (Wildman–Crippen LogP) is 3.83. The van der Waals surface area contributed by atoms with Gasteiger partial charge in [-0.05, 0) is 37.3 Å². The molecule has 2 aliphatic rings. The zero-order valence-electron chi connectivity index (χ0n) is 11.1. The molecular formula is C17H23N. The second kappa shape index (κ2) is 5.27. The second-order valence-corrected chi connectivity index (χ2v) is 5.78. The zero-order valence-corrected chi connectivity index (χ0v) is 11.1. The molecule has 1 saturated heterocycles. The molecule has 0 unspecified atom stereocenters. The first kappa shape index (κ1) is 12.0. The first-order valence-corrected chi connectivity index (χ1v) is 7.30. The van der Waals surface area contributed by atoms with Gasteiger partial charge < -0.3 is 0 Å². The Labute approximate surface area is 111 Å². The van der Waals surface area contributed by atoms with Gasteiger partial charge in [-0.2, -0.15) is 0 Å². The van der Waals surface area contributed by atoms with E-state index >= 15 is 0 Å². The highest BCUT2D eigenvalue weighted by atomic mass is 15.2. The Morgan fingerprint density at radius 3 is 2.83 bits per heavy atom. The van der Waals surface area contributed by atoms with Crippen molar-refractivity contribution in [1.82, 2.24) is 4.90 Å². The molecule has 1 nitrogen and oxygen atoms in total. The number of fused-ring (bicyclic) bond motifs is 1. The van der Waals surface area contributed by atoms with Gasteiger partial charge >= 0.3 is 0 Å². The van der Waals surface area contributed by atoms with Crippen molar-refractivity contribution >= 4 is 0 Å². The van der Waals surface area contributed by atoms with E-state index in [2.05, 4.69) is 47.9 Å². The lowest BCUT2D eigenvalue weighted by Crippen LogP contribution is -2.51. The van der Waals surface area contributed by atoms with Crippen LogP contribution in [0.15, 0.2) is 43.0 Å². The molecule has 0 N–H and O–H groups in total. The van der Waals surface area contributed by atoms with Crippen molar-refractivity contribution in [3.05, 3.63) is 48.6 Å². The number of hydrogen-bond acceptors (Lipinski definition) is 1. The normalized spacial score (nSPS) is 32.1. The topological polar surface area (TPSA) is 3.24 Å². The fourth-order valence-electron chi connectivity index (χ4n) is 3.86. The van der Waals surface area contributed by atoms with Crippen LogP contribution in [0.5, 0.6) is 0 Å². The van der Waals surface area contributed by atoms with Gasteiger partial charge in [-0.15, -0.1) is 6.58 Å². The third-order valence-electron chi connectivity index (χ3n) is 4.74. The standard InChI is InChI=1S/C17H23N/c1-2-11-18-12-7-6-10-15-13-16(17(15)18)14-8-4-3-5-9-14/h2-5,8-9,15-17H,1,6-7,10-13H2/t15-,16-,17-/m0/s1. The highest BCUT2D eigenvalue weighted by molar-refractivity contribution is 5.26. The van der Waals surface area contributed by atoms with E-state index < -0.39 is 0 Å². The van der Waals surface area contributed by atoms with Gasteiger partial charge in [-0.25, -0.2) is 0 Å². The van der Waals surface area contributed by atoms with Crippen LogP contribution in [0, 0.1) is 5.92 Å². The maximum atomic E-state index is 3.93. The number of likely N-dealkylation sites (tertiary alicyclic amines) is 1. The first-order chi connectivity index (χ1) is 8.90. The van der Waals surface area contributed by atoms with Crippen LogP contribution >= 0.6 is 0 Å². The molecule has 18 heavy (non-hydrogen) atoms. The number of nitrogens with zero attached hydrogens (tertiary/aromatic N) is 1. The molecule has 1 aliphatic carbocycles. The van der Waals surface area contributed by atoms with Crippen molar-refractivity contribution in [2.45, 2.75) is 37.6 Å². The Balaban J connectivity index is 1.80. The van der Waals surface area contributed by atoms with Crippen LogP contribution in [0.3, 0.4) is 0 Å². The zero-order chi connectivity index (χ0) is 12.4. The van der Waals surface area contributed by atoms with Crippen LogP contribution in [-0.4, -0.2) is 24.0 Å². The van der Waals surface area contributed by atoms with Gasteiger partial charge in [0, 0.05) is 18.5 Å². The lowest BCUT2D eigenvalue weighted by atomic mass is 9.65. The van der Waals surface area contributed by atoms with E-state index in [1.54, 1.807) is 0 Å². The highest BCUT2D eigenvalue weighted by Gasteiger charge is 2.45. The summed E-state index contributed by atoms with van der Waals surface area (Å²) < 4.78 is 0. The van der Waals surface area contributed by atoms with Crippen molar-refractivity contribution in [3.8, 4) is 0 Å². The summed E-state index contributed by atoms with van der Waals surface area (Å²) >= 11 is 0. The van der Waals surface area contributed by atoms with Crippen LogP contribution in [-0.2, 0) is 0 Å². The molecule has 1 aromatic carbocycles. The molecule has 1 saturated carbocycles. The Morgan fingerprint density at radius 2 is 2.06 bits per heavy atom. The Bertz CT molecular complexity index is 397. The smallest absolute Gasteiger partial charge is 0.0196 e. The van der Waals surface area contributed by atoms with E-state index in [1.807, 2.05) is 0 Å². The molecule has 0 spiro atoms. The van der Waals surface area contributed by atoms with Crippen molar-refractivity contribution in [1.29, 1.82) is 0 Å². The van der Waals surface area contributed by atoms with Crippen LogP contribution in [0.25, 0.3) is 0 Å². The van der Waals surface area contributed by atoms with Crippen LogP contribution in [0.4, 0.5) is 0 Å². The first-order valence-electron chi connectivity index (χ1n) is 7.30. The summed E-state index contributed by atoms with van der Waals surface area (Å²) in [7, 11) is 0. The van der Waals surface area contributed by atoms with Crippen molar-refractivity contribution in [2.75, 3.05) is 13.1 Å². The molecule has 0 amide bonds. The van der Waals surface area contributed by atoms with Crippen molar-refractivity contribution < 1.29 is 0 Å². The summed E-state index contributed by atoms with van der Waals surface area (Å²) in [5, 5.41) is 0. The monoisotopic (exact) mass is 241 g/mol. The van der Waals surface area contributed by atoms with E-state index in [0.717, 1.165) is 24.4 Å². The minimum Gasteiger partial charge on any atom is -0.296 e. The summed E-state index contributed by atoms with van der Waals surface area (Å²) in [6.07, 6.45) is 7.67. The maximum absolute atomic E-state index is 3.93. The van der Waals surface area contributed by atoms with E-state index in [0.29, 0.717) is 0 Å². The van der Waals surface area contributed by atoms with Crippen LogP contribution in [0.2, 0.25) is 0 Å². The fraction of sp³-hybridized carbons (Fsp3) is 0.529.